The third-order valence-corrected chi connectivity index (χ3v) is 4.85. The summed E-state index contributed by atoms with van der Waals surface area (Å²) in [6.45, 7) is 2.78. The first-order valence-corrected chi connectivity index (χ1v) is 8.21. The molecule has 0 saturated carbocycles. The van der Waals surface area contributed by atoms with Crippen LogP contribution in [0.25, 0.3) is 0 Å². The van der Waals surface area contributed by atoms with Crippen LogP contribution >= 0.6 is 34.8 Å². The van der Waals surface area contributed by atoms with Crippen molar-refractivity contribution < 1.29 is 9.90 Å². The number of aliphatic carboxylic acids is 1. The number of hydrogen-bond acceptors (Lipinski definition) is 3. The maximum Gasteiger partial charge on any atom is 0.307 e. The Morgan fingerprint density at radius 1 is 1.36 bits per heavy atom. The van der Waals surface area contributed by atoms with Gasteiger partial charge in [-0.05, 0) is 31.5 Å². The fraction of sp³-hybridized carbons (Fsp3) is 0.467. The van der Waals surface area contributed by atoms with E-state index in [-0.39, 0.29) is 5.92 Å². The topological polar surface area (TPSA) is 52.9 Å². The average molecular weight is 364 g/mol. The number of piperidine rings is 1. The molecule has 1 fully saturated rings. The van der Waals surface area contributed by atoms with E-state index in [2.05, 4.69) is 9.89 Å². The van der Waals surface area contributed by atoms with Crippen LogP contribution in [0.1, 0.15) is 18.4 Å². The molecule has 120 valence electrons. The van der Waals surface area contributed by atoms with Crippen molar-refractivity contribution in [3.05, 3.63) is 32.8 Å². The van der Waals surface area contributed by atoms with Crippen molar-refractivity contribution >= 4 is 47.0 Å². The second-order valence-electron chi connectivity index (χ2n) is 5.27. The summed E-state index contributed by atoms with van der Waals surface area (Å²) in [4.78, 5) is 17.5. The monoisotopic (exact) mass is 362 g/mol. The van der Waals surface area contributed by atoms with Crippen LogP contribution in [-0.4, -0.2) is 48.4 Å². The van der Waals surface area contributed by atoms with Crippen LogP contribution in [0.4, 0.5) is 0 Å². The van der Waals surface area contributed by atoms with Gasteiger partial charge in [0.05, 0.1) is 27.5 Å². The van der Waals surface area contributed by atoms with Gasteiger partial charge in [0, 0.05) is 24.9 Å². The minimum absolute atomic E-state index is 0.269. The van der Waals surface area contributed by atoms with Crippen molar-refractivity contribution in [2.24, 2.45) is 10.9 Å². The zero-order valence-corrected chi connectivity index (χ0v) is 14.2. The van der Waals surface area contributed by atoms with Crippen molar-refractivity contribution in [3.63, 3.8) is 0 Å². The highest BCUT2D eigenvalue weighted by Gasteiger charge is 2.24. The highest BCUT2D eigenvalue weighted by Crippen LogP contribution is 2.30. The van der Waals surface area contributed by atoms with E-state index in [0.29, 0.717) is 33.7 Å². The Hall–Kier alpha value is -0.810. The first kappa shape index (κ1) is 17.5. The molecule has 2 rings (SSSR count). The van der Waals surface area contributed by atoms with Gasteiger partial charge in [0.1, 0.15) is 0 Å². The third kappa shape index (κ3) is 4.59. The number of halogens is 3. The standard InChI is InChI=1S/C15H17Cl3N2O2/c16-12-3-4-13(17)14(18)11(12)8-19-5-7-20-6-1-2-10(9-20)15(21)22/h3-4,8,10H,1-2,5-7,9H2,(H,21,22). The molecular formula is C15H17Cl3N2O2. The Morgan fingerprint density at radius 3 is 2.82 bits per heavy atom. The predicted molar refractivity (Wildman–Crippen MR) is 90.7 cm³/mol. The number of carbonyl (C=O) groups is 1. The molecule has 1 aliphatic rings. The van der Waals surface area contributed by atoms with Crippen molar-refractivity contribution in [2.75, 3.05) is 26.2 Å². The van der Waals surface area contributed by atoms with E-state index in [9.17, 15) is 4.79 Å². The van der Waals surface area contributed by atoms with Gasteiger partial charge in [-0.15, -0.1) is 0 Å². The smallest absolute Gasteiger partial charge is 0.307 e. The summed E-state index contributed by atoms with van der Waals surface area (Å²) in [5.41, 5.74) is 0.609. The number of aliphatic imine (C=N–C) groups is 1. The van der Waals surface area contributed by atoms with Crippen LogP contribution in [0.5, 0.6) is 0 Å². The van der Waals surface area contributed by atoms with Crippen molar-refractivity contribution in [1.82, 2.24) is 4.90 Å². The van der Waals surface area contributed by atoms with Gasteiger partial charge in [-0.3, -0.25) is 9.79 Å². The molecule has 1 atom stereocenters. The fourth-order valence-corrected chi connectivity index (χ4v) is 3.11. The molecule has 0 bridgehead atoms. The number of nitrogens with zero attached hydrogens (tertiary/aromatic N) is 2. The summed E-state index contributed by atoms with van der Waals surface area (Å²) >= 11 is 18.1. The molecule has 1 aromatic carbocycles. The van der Waals surface area contributed by atoms with Gasteiger partial charge in [0.15, 0.2) is 0 Å². The molecule has 1 heterocycles. The molecule has 1 saturated heterocycles. The molecule has 0 amide bonds. The quantitative estimate of drug-likeness (QED) is 0.638. The summed E-state index contributed by atoms with van der Waals surface area (Å²) in [5.74, 6) is -0.986. The maximum atomic E-state index is 11.0. The third-order valence-electron chi connectivity index (χ3n) is 3.70. The van der Waals surface area contributed by atoms with Gasteiger partial charge >= 0.3 is 5.97 Å². The van der Waals surface area contributed by atoms with E-state index in [0.717, 1.165) is 25.9 Å². The molecule has 1 aromatic rings. The summed E-state index contributed by atoms with van der Waals surface area (Å²) in [6, 6.07) is 3.32. The zero-order valence-electron chi connectivity index (χ0n) is 11.9. The van der Waals surface area contributed by atoms with E-state index < -0.39 is 5.97 Å². The second-order valence-corrected chi connectivity index (χ2v) is 6.46. The normalized spacial score (nSPS) is 19.7. The molecule has 22 heavy (non-hydrogen) atoms. The second kappa shape index (κ2) is 8.16. The lowest BCUT2D eigenvalue weighted by molar-refractivity contribution is -0.143. The van der Waals surface area contributed by atoms with E-state index in [1.54, 1.807) is 18.3 Å². The number of carboxylic acids is 1. The van der Waals surface area contributed by atoms with E-state index >= 15 is 0 Å². The molecule has 0 spiro atoms. The summed E-state index contributed by atoms with van der Waals surface area (Å²) < 4.78 is 0. The molecule has 1 N–H and O–H groups in total. The average Bonchev–Trinajstić information content (AvgIpc) is 2.50. The van der Waals surface area contributed by atoms with Gasteiger partial charge in [0.25, 0.3) is 0 Å². The molecule has 0 aliphatic carbocycles. The Balaban J connectivity index is 1.89. The van der Waals surface area contributed by atoms with Crippen LogP contribution in [0.2, 0.25) is 15.1 Å². The van der Waals surface area contributed by atoms with E-state index in [1.807, 2.05) is 0 Å². The lowest BCUT2D eigenvalue weighted by Crippen LogP contribution is -2.39. The summed E-state index contributed by atoms with van der Waals surface area (Å²) in [5, 5.41) is 10.4. The van der Waals surface area contributed by atoms with Crippen LogP contribution in [-0.2, 0) is 4.79 Å². The van der Waals surface area contributed by atoms with Gasteiger partial charge < -0.3 is 10.0 Å². The van der Waals surface area contributed by atoms with E-state index in [1.165, 1.54) is 0 Å². The number of rotatable bonds is 5. The van der Waals surface area contributed by atoms with Crippen LogP contribution in [0.15, 0.2) is 17.1 Å². The van der Waals surface area contributed by atoms with Gasteiger partial charge in [-0.25, -0.2) is 0 Å². The predicted octanol–water partition coefficient (Wildman–Crippen LogP) is 3.86. The Kier molecular flexibility index (Phi) is 6.50. The molecule has 1 aliphatic heterocycles. The van der Waals surface area contributed by atoms with Crippen molar-refractivity contribution in [1.29, 1.82) is 0 Å². The fourth-order valence-electron chi connectivity index (χ4n) is 2.48. The first-order chi connectivity index (χ1) is 10.5. The Labute approximate surface area is 144 Å². The highest BCUT2D eigenvalue weighted by molar-refractivity contribution is 6.45. The Bertz CT molecular complexity index is 578. The molecule has 4 nitrogen and oxygen atoms in total. The molecule has 7 heteroatoms. The van der Waals surface area contributed by atoms with E-state index in [4.69, 9.17) is 39.9 Å². The van der Waals surface area contributed by atoms with Crippen LogP contribution < -0.4 is 0 Å². The van der Waals surface area contributed by atoms with Crippen molar-refractivity contribution in [2.45, 2.75) is 12.8 Å². The lowest BCUT2D eigenvalue weighted by Gasteiger charge is -2.29. The molecule has 0 aromatic heterocycles. The van der Waals surface area contributed by atoms with Gasteiger partial charge in [-0.1, -0.05) is 34.8 Å². The molecule has 0 radical (unpaired) electrons. The van der Waals surface area contributed by atoms with Crippen molar-refractivity contribution in [3.8, 4) is 0 Å². The van der Waals surface area contributed by atoms with Gasteiger partial charge in [-0.2, -0.15) is 0 Å². The first-order valence-electron chi connectivity index (χ1n) is 7.07. The van der Waals surface area contributed by atoms with Gasteiger partial charge in [0.2, 0.25) is 0 Å². The lowest BCUT2D eigenvalue weighted by atomic mass is 9.98. The zero-order chi connectivity index (χ0) is 16.1. The molecular weight excluding hydrogens is 347 g/mol. The largest absolute Gasteiger partial charge is 0.481 e. The number of hydrogen-bond donors (Lipinski definition) is 1. The summed E-state index contributed by atoms with van der Waals surface area (Å²) in [7, 11) is 0. The summed E-state index contributed by atoms with van der Waals surface area (Å²) in [6.07, 6.45) is 3.28. The number of carboxylic acid groups (broad SMARTS) is 1. The number of likely N-dealkylation sites (tertiary alicyclic amines) is 1. The maximum absolute atomic E-state index is 11.0. The minimum Gasteiger partial charge on any atom is -0.481 e. The SMILES string of the molecule is O=C(O)C1CCCN(CCN=Cc2c(Cl)ccc(Cl)c2Cl)C1. The highest BCUT2D eigenvalue weighted by atomic mass is 35.5. The molecule has 1 unspecified atom stereocenters. The van der Waals surface area contributed by atoms with Crippen LogP contribution in [0.3, 0.4) is 0 Å². The minimum atomic E-state index is -0.717. The Morgan fingerprint density at radius 2 is 2.09 bits per heavy atom. The number of benzene rings is 1. The van der Waals surface area contributed by atoms with Crippen LogP contribution in [0, 0.1) is 5.92 Å².